The summed E-state index contributed by atoms with van der Waals surface area (Å²) in [5, 5.41) is 0. The first-order chi connectivity index (χ1) is 6.91. The van der Waals surface area contributed by atoms with E-state index in [4.69, 9.17) is 4.74 Å². The molecule has 0 aliphatic heterocycles. The number of amides is 1. The van der Waals surface area contributed by atoms with Crippen LogP contribution in [0.15, 0.2) is 0 Å². The topological polar surface area (TPSA) is 46.6 Å². The summed E-state index contributed by atoms with van der Waals surface area (Å²) in [6, 6.07) is 0. The van der Waals surface area contributed by atoms with Crippen molar-refractivity contribution in [1.29, 1.82) is 0 Å². The maximum atomic E-state index is 11.0. The SMILES string of the molecule is CCOC(=O)CCCN(C=O)[Si](C)(C)C. The quantitative estimate of drug-likeness (QED) is 0.380. The van der Waals surface area contributed by atoms with Crippen molar-refractivity contribution in [3.8, 4) is 0 Å². The van der Waals surface area contributed by atoms with Gasteiger partial charge in [-0.3, -0.25) is 9.59 Å². The molecule has 0 aromatic heterocycles. The van der Waals surface area contributed by atoms with Crippen LogP contribution < -0.4 is 0 Å². The average Bonchev–Trinajstić information content (AvgIpc) is 2.10. The molecule has 0 aliphatic rings. The summed E-state index contributed by atoms with van der Waals surface area (Å²) in [7, 11) is -1.56. The van der Waals surface area contributed by atoms with Gasteiger partial charge in [0.15, 0.2) is 8.24 Å². The molecule has 0 N–H and O–H groups in total. The lowest BCUT2D eigenvalue weighted by molar-refractivity contribution is -0.143. The van der Waals surface area contributed by atoms with E-state index in [1.54, 1.807) is 6.92 Å². The first-order valence-corrected chi connectivity index (χ1v) is 8.74. The average molecular weight is 231 g/mol. The zero-order chi connectivity index (χ0) is 11.9. The Hall–Kier alpha value is -0.843. The van der Waals surface area contributed by atoms with Gasteiger partial charge in [0.05, 0.1) is 6.61 Å². The highest BCUT2D eigenvalue weighted by atomic mass is 28.3. The van der Waals surface area contributed by atoms with Crippen molar-refractivity contribution < 1.29 is 14.3 Å². The Morgan fingerprint density at radius 1 is 1.40 bits per heavy atom. The molecule has 0 heterocycles. The number of esters is 1. The van der Waals surface area contributed by atoms with E-state index in [0.717, 1.165) is 6.41 Å². The number of rotatable bonds is 7. The first kappa shape index (κ1) is 14.2. The molecule has 0 saturated heterocycles. The third-order valence-electron chi connectivity index (χ3n) is 2.07. The van der Waals surface area contributed by atoms with Gasteiger partial charge in [-0.05, 0) is 13.3 Å². The van der Waals surface area contributed by atoms with E-state index in [9.17, 15) is 9.59 Å². The molecule has 0 radical (unpaired) electrons. The van der Waals surface area contributed by atoms with Crippen LogP contribution in [0, 0.1) is 0 Å². The zero-order valence-electron chi connectivity index (χ0n) is 10.1. The highest BCUT2D eigenvalue weighted by molar-refractivity contribution is 6.74. The van der Waals surface area contributed by atoms with Crippen molar-refractivity contribution >= 4 is 20.6 Å². The number of hydrogen-bond acceptors (Lipinski definition) is 3. The van der Waals surface area contributed by atoms with E-state index in [2.05, 4.69) is 19.6 Å². The molecule has 0 unspecified atom stereocenters. The Morgan fingerprint density at radius 3 is 2.40 bits per heavy atom. The van der Waals surface area contributed by atoms with Gasteiger partial charge >= 0.3 is 5.97 Å². The van der Waals surface area contributed by atoms with Crippen LogP contribution in [0.5, 0.6) is 0 Å². The minimum Gasteiger partial charge on any atom is -0.466 e. The summed E-state index contributed by atoms with van der Waals surface area (Å²) < 4.78 is 6.63. The van der Waals surface area contributed by atoms with Crippen LogP contribution in [0.2, 0.25) is 19.6 Å². The Balaban J connectivity index is 3.83. The van der Waals surface area contributed by atoms with Gasteiger partial charge in [-0.2, -0.15) is 0 Å². The molecule has 88 valence electrons. The first-order valence-electron chi connectivity index (χ1n) is 5.29. The maximum absolute atomic E-state index is 11.0. The van der Waals surface area contributed by atoms with E-state index in [1.807, 2.05) is 4.57 Å². The standard InChI is InChI=1S/C10H21NO3Si/c1-5-14-10(13)7-6-8-11(9-12)15(2,3)4/h9H,5-8H2,1-4H3. The lowest BCUT2D eigenvalue weighted by Gasteiger charge is -2.30. The van der Waals surface area contributed by atoms with Crippen LogP contribution in [-0.4, -0.2) is 38.3 Å². The second kappa shape index (κ2) is 6.61. The number of carbonyl (C=O) groups excluding carboxylic acids is 2. The monoisotopic (exact) mass is 231 g/mol. The van der Waals surface area contributed by atoms with Crippen molar-refractivity contribution in [3.05, 3.63) is 0 Å². The third kappa shape index (κ3) is 6.27. The fourth-order valence-corrected chi connectivity index (χ4v) is 2.32. The lowest BCUT2D eigenvalue weighted by atomic mass is 10.3. The van der Waals surface area contributed by atoms with Crippen molar-refractivity contribution in [2.75, 3.05) is 13.2 Å². The summed E-state index contributed by atoms with van der Waals surface area (Å²) in [4.78, 5) is 21.8. The second-order valence-electron chi connectivity index (χ2n) is 4.38. The molecular formula is C10H21NO3Si. The molecule has 0 bridgehead atoms. The molecule has 1 amide bonds. The molecular weight excluding hydrogens is 210 g/mol. The Bertz CT molecular complexity index is 213. The molecule has 0 atom stereocenters. The molecule has 0 saturated carbocycles. The summed E-state index contributed by atoms with van der Waals surface area (Å²) in [6.07, 6.45) is 1.96. The van der Waals surface area contributed by atoms with Gasteiger partial charge in [-0.15, -0.1) is 0 Å². The van der Waals surface area contributed by atoms with Crippen LogP contribution in [0.25, 0.3) is 0 Å². The van der Waals surface area contributed by atoms with Crippen LogP contribution in [-0.2, 0) is 14.3 Å². The van der Waals surface area contributed by atoms with Gasteiger partial charge < -0.3 is 9.30 Å². The molecule has 0 aliphatic carbocycles. The third-order valence-corrected chi connectivity index (χ3v) is 4.13. The van der Waals surface area contributed by atoms with Crippen molar-refractivity contribution in [1.82, 2.24) is 4.57 Å². The minimum absolute atomic E-state index is 0.182. The van der Waals surface area contributed by atoms with Gasteiger partial charge in [0.2, 0.25) is 6.41 Å². The Morgan fingerprint density at radius 2 is 2.00 bits per heavy atom. The molecule has 0 rings (SSSR count). The summed E-state index contributed by atoms with van der Waals surface area (Å²) in [5.74, 6) is -0.182. The highest BCUT2D eigenvalue weighted by Gasteiger charge is 2.21. The predicted molar refractivity (Wildman–Crippen MR) is 62.0 cm³/mol. The summed E-state index contributed by atoms with van der Waals surface area (Å²) in [6.45, 7) is 9.17. The van der Waals surface area contributed by atoms with Crippen molar-refractivity contribution in [3.63, 3.8) is 0 Å². The molecule has 0 fully saturated rings. The van der Waals surface area contributed by atoms with E-state index in [-0.39, 0.29) is 5.97 Å². The fraction of sp³-hybridized carbons (Fsp3) is 0.800. The van der Waals surface area contributed by atoms with Gasteiger partial charge in [-0.25, -0.2) is 0 Å². The number of ether oxygens (including phenoxy) is 1. The Labute approximate surface area is 92.7 Å². The Kier molecular flexibility index (Phi) is 6.23. The zero-order valence-corrected chi connectivity index (χ0v) is 11.1. The normalized spacial score (nSPS) is 10.9. The van der Waals surface area contributed by atoms with Crippen molar-refractivity contribution in [2.24, 2.45) is 0 Å². The largest absolute Gasteiger partial charge is 0.466 e. The molecule has 0 aromatic carbocycles. The number of nitrogens with zero attached hydrogens (tertiary/aromatic N) is 1. The van der Waals surface area contributed by atoms with Gasteiger partial charge in [0, 0.05) is 13.0 Å². The van der Waals surface area contributed by atoms with Gasteiger partial charge in [-0.1, -0.05) is 19.6 Å². The molecule has 15 heavy (non-hydrogen) atoms. The van der Waals surface area contributed by atoms with Crippen LogP contribution in [0.1, 0.15) is 19.8 Å². The molecule has 4 nitrogen and oxygen atoms in total. The summed E-state index contributed by atoms with van der Waals surface area (Å²) >= 11 is 0. The van der Waals surface area contributed by atoms with E-state index >= 15 is 0 Å². The van der Waals surface area contributed by atoms with Crippen LogP contribution >= 0.6 is 0 Å². The van der Waals surface area contributed by atoms with E-state index in [0.29, 0.717) is 26.0 Å². The van der Waals surface area contributed by atoms with E-state index in [1.165, 1.54) is 0 Å². The molecule has 5 heteroatoms. The smallest absolute Gasteiger partial charge is 0.305 e. The molecule has 0 spiro atoms. The van der Waals surface area contributed by atoms with Crippen LogP contribution in [0.4, 0.5) is 0 Å². The maximum Gasteiger partial charge on any atom is 0.305 e. The summed E-state index contributed by atoms with van der Waals surface area (Å²) in [5.41, 5.74) is 0. The lowest BCUT2D eigenvalue weighted by Crippen LogP contribution is -2.45. The second-order valence-corrected chi connectivity index (χ2v) is 9.29. The van der Waals surface area contributed by atoms with Gasteiger partial charge in [0.25, 0.3) is 0 Å². The van der Waals surface area contributed by atoms with E-state index < -0.39 is 8.24 Å². The minimum atomic E-state index is -1.56. The van der Waals surface area contributed by atoms with Crippen molar-refractivity contribution in [2.45, 2.75) is 39.4 Å². The number of carbonyl (C=O) groups is 2. The van der Waals surface area contributed by atoms with Crippen LogP contribution in [0.3, 0.4) is 0 Å². The predicted octanol–water partition coefficient (Wildman–Crippen LogP) is 1.62. The molecule has 0 aromatic rings. The highest BCUT2D eigenvalue weighted by Crippen LogP contribution is 2.08. The fourth-order valence-electron chi connectivity index (χ4n) is 1.17. The van der Waals surface area contributed by atoms with Gasteiger partial charge in [0.1, 0.15) is 0 Å². The number of hydrogen-bond donors (Lipinski definition) is 0.